The average Bonchev–Trinajstić information content (AvgIpc) is 2.72. The van der Waals surface area contributed by atoms with Gasteiger partial charge in [0, 0.05) is 17.1 Å². The van der Waals surface area contributed by atoms with Gasteiger partial charge in [0.2, 0.25) is 0 Å². The van der Waals surface area contributed by atoms with Crippen LogP contribution >= 0.6 is 11.6 Å². The van der Waals surface area contributed by atoms with Crippen LogP contribution in [0.25, 0.3) is 0 Å². The first-order valence-electron chi connectivity index (χ1n) is 6.22. The van der Waals surface area contributed by atoms with E-state index in [0.29, 0.717) is 23.0 Å². The van der Waals surface area contributed by atoms with E-state index in [4.69, 9.17) is 11.6 Å². The van der Waals surface area contributed by atoms with E-state index >= 15 is 0 Å². The van der Waals surface area contributed by atoms with Gasteiger partial charge in [-0.05, 0) is 37.0 Å². The number of rotatable bonds is 2. The molecule has 1 aromatic rings. The number of carbonyl (C=O) groups is 1. The number of likely N-dealkylation sites (tertiary alicyclic amines) is 1. The Balaban J connectivity index is 2.28. The summed E-state index contributed by atoms with van der Waals surface area (Å²) in [6.45, 7) is 4.69. The molecule has 0 aromatic heterocycles. The lowest BCUT2D eigenvalue weighted by atomic mass is 10.0. The fraction of sp³-hybridized carbons (Fsp3) is 0.500. The van der Waals surface area contributed by atoms with Gasteiger partial charge < -0.3 is 10.0 Å². The van der Waals surface area contributed by atoms with Crippen molar-refractivity contribution in [1.29, 1.82) is 0 Å². The highest BCUT2D eigenvalue weighted by atomic mass is 35.5. The van der Waals surface area contributed by atoms with Crippen molar-refractivity contribution in [2.24, 2.45) is 5.92 Å². The second-order valence-corrected chi connectivity index (χ2v) is 5.41. The number of aryl methyl sites for hydroxylation is 1. The van der Waals surface area contributed by atoms with Crippen LogP contribution in [0.4, 0.5) is 0 Å². The van der Waals surface area contributed by atoms with Gasteiger partial charge in [0.15, 0.2) is 0 Å². The quantitative estimate of drug-likeness (QED) is 0.894. The number of hydrogen-bond donors (Lipinski definition) is 1. The topological polar surface area (TPSA) is 40.5 Å². The number of halogens is 1. The smallest absolute Gasteiger partial charge is 0.254 e. The Kier molecular flexibility index (Phi) is 3.93. The largest absolute Gasteiger partial charge is 0.394 e. The third-order valence-corrected chi connectivity index (χ3v) is 4.00. The van der Waals surface area contributed by atoms with Crippen LogP contribution < -0.4 is 0 Å². The van der Waals surface area contributed by atoms with Gasteiger partial charge in [-0.15, -0.1) is 0 Å². The van der Waals surface area contributed by atoms with Crippen molar-refractivity contribution in [2.45, 2.75) is 26.3 Å². The first-order chi connectivity index (χ1) is 8.54. The van der Waals surface area contributed by atoms with E-state index in [0.717, 1.165) is 12.0 Å². The van der Waals surface area contributed by atoms with Crippen LogP contribution in [0.3, 0.4) is 0 Å². The lowest BCUT2D eigenvalue weighted by molar-refractivity contribution is 0.0647. The Labute approximate surface area is 112 Å². The molecule has 0 bridgehead atoms. The van der Waals surface area contributed by atoms with Crippen LogP contribution in [-0.4, -0.2) is 35.1 Å². The minimum atomic E-state index is -0.0733. The number of aliphatic hydroxyl groups excluding tert-OH is 1. The molecule has 3 nitrogen and oxygen atoms in total. The Morgan fingerprint density at radius 1 is 1.56 bits per heavy atom. The maximum absolute atomic E-state index is 12.5. The molecule has 18 heavy (non-hydrogen) atoms. The van der Waals surface area contributed by atoms with Gasteiger partial charge in [-0.1, -0.05) is 24.6 Å². The first kappa shape index (κ1) is 13.4. The van der Waals surface area contributed by atoms with Crippen molar-refractivity contribution in [3.05, 3.63) is 34.3 Å². The summed E-state index contributed by atoms with van der Waals surface area (Å²) in [4.78, 5) is 14.3. The van der Waals surface area contributed by atoms with Crippen molar-refractivity contribution in [3.63, 3.8) is 0 Å². The van der Waals surface area contributed by atoms with Crippen LogP contribution in [-0.2, 0) is 0 Å². The zero-order valence-corrected chi connectivity index (χ0v) is 11.4. The predicted octanol–water partition coefficient (Wildman–Crippen LogP) is 2.49. The Hall–Kier alpha value is -1.06. The standard InChI is InChI=1S/C14H18ClNO2/c1-9-3-4-11(15)7-12(9)14(18)16-6-5-10(2)13(16)8-17/h3-4,7,10,13,17H,5-6,8H2,1-2H3. The zero-order valence-electron chi connectivity index (χ0n) is 10.7. The summed E-state index contributed by atoms with van der Waals surface area (Å²) in [7, 11) is 0. The Morgan fingerprint density at radius 2 is 2.28 bits per heavy atom. The summed E-state index contributed by atoms with van der Waals surface area (Å²) >= 11 is 5.95. The minimum absolute atomic E-state index is 0.0204. The molecule has 1 aliphatic heterocycles. The normalized spacial score (nSPS) is 23.4. The van der Waals surface area contributed by atoms with Gasteiger partial charge in [-0.3, -0.25) is 4.79 Å². The molecule has 0 spiro atoms. The molecule has 0 radical (unpaired) electrons. The third kappa shape index (κ3) is 2.38. The fourth-order valence-electron chi connectivity index (χ4n) is 2.52. The molecule has 1 saturated heterocycles. The van der Waals surface area contributed by atoms with Crippen molar-refractivity contribution in [3.8, 4) is 0 Å². The monoisotopic (exact) mass is 267 g/mol. The summed E-state index contributed by atoms with van der Waals surface area (Å²) in [6.07, 6.45) is 0.941. The number of aliphatic hydroxyl groups is 1. The summed E-state index contributed by atoms with van der Waals surface area (Å²) in [5.74, 6) is 0.317. The molecule has 1 aliphatic rings. The molecule has 0 saturated carbocycles. The summed E-state index contributed by atoms with van der Waals surface area (Å²) < 4.78 is 0. The second kappa shape index (κ2) is 5.29. The van der Waals surface area contributed by atoms with Gasteiger partial charge in [-0.2, -0.15) is 0 Å². The van der Waals surface area contributed by atoms with Gasteiger partial charge in [-0.25, -0.2) is 0 Å². The lowest BCUT2D eigenvalue weighted by Gasteiger charge is -2.26. The first-order valence-corrected chi connectivity index (χ1v) is 6.60. The molecule has 4 heteroatoms. The molecule has 2 unspecified atom stereocenters. The minimum Gasteiger partial charge on any atom is -0.394 e. The maximum atomic E-state index is 12.5. The van der Waals surface area contributed by atoms with Crippen LogP contribution in [0.1, 0.15) is 29.3 Å². The average molecular weight is 268 g/mol. The third-order valence-electron chi connectivity index (χ3n) is 3.76. The molecule has 1 N–H and O–H groups in total. The highest BCUT2D eigenvalue weighted by Gasteiger charge is 2.34. The number of amides is 1. The van der Waals surface area contributed by atoms with Crippen molar-refractivity contribution in [1.82, 2.24) is 4.90 Å². The van der Waals surface area contributed by atoms with Crippen LogP contribution in [0.2, 0.25) is 5.02 Å². The molecule has 1 aromatic carbocycles. The van der Waals surface area contributed by atoms with E-state index < -0.39 is 0 Å². The SMILES string of the molecule is Cc1ccc(Cl)cc1C(=O)N1CCC(C)C1CO. The molecule has 0 aliphatic carbocycles. The van der Waals surface area contributed by atoms with Crippen LogP contribution in [0, 0.1) is 12.8 Å². The Morgan fingerprint density at radius 3 is 2.94 bits per heavy atom. The zero-order chi connectivity index (χ0) is 13.3. The fourth-order valence-corrected chi connectivity index (χ4v) is 2.69. The predicted molar refractivity (Wildman–Crippen MR) is 71.9 cm³/mol. The highest BCUT2D eigenvalue weighted by Crippen LogP contribution is 2.27. The number of nitrogens with zero attached hydrogens (tertiary/aromatic N) is 1. The van der Waals surface area contributed by atoms with E-state index in [2.05, 4.69) is 6.92 Å². The van der Waals surface area contributed by atoms with E-state index in [1.54, 1.807) is 17.0 Å². The lowest BCUT2D eigenvalue weighted by Crippen LogP contribution is -2.40. The Bertz CT molecular complexity index is 461. The molecule has 98 valence electrons. The summed E-state index contributed by atoms with van der Waals surface area (Å²) in [5, 5.41) is 9.97. The molecule has 1 heterocycles. The molecule has 1 amide bonds. The number of carbonyl (C=O) groups excluding carboxylic acids is 1. The van der Waals surface area contributed by atoms with Crippen molar-refractivity contribution in [2.75, 3.05) is 13.2 Å². The number of hydrogen-bond acceptors (Lipinski definition) is 2. The second-order valence-electron chi connectivity index (χ2n) is 4.97. The summed E-state index contributed by atoms with van der Waals surface area (Å²) in [6, 6.07) is 5.26. The van der Waals surface area contributed by atoms with Crippen LogP contribution in [0.15, 0.2) is 18.2 Å². The van der Waals surface area contributed by atoms with E-state index in [9.17, 15) is 9.90 Å². The molecular formula is C14H18ClNO2. The van der Waals surface area contributed by atoms with Gasteiger partial charge >= 0.3 is 0 Å². The van der Waals surface area contributed by atoms with Crippen molar-refractivity contribution >= 4 is 17.5 Å². The van der Waals surface area contributed by atoms with Crippen molar-refractivity contribution < 1.29 is 9.90 Å². The van der Waals surface area contributed by atoms with E-state index in [1.807, 2.05) is 13.0 Å². The van der Waals surface area contributed by atoms with Gasteiger partial charge in [0.25, 0.3) is 5.91 Å². The van der Waals surface area contributed by atoms with Gasteiger partial charge in [0.05, 0.1) is 12.6 Å². The summed E-state index contributed by atoms with van der Waals surface area (Å²) in [5.41, 5.74) is 1.55. The number of benzene rings is 1. The van der Waals surface area contributed by atoms with E-state index in [1.165, 1.54) is 0 Å². The van der Waals surface area contributed by atoms with Crippen LogP contribution in [0.5, 0.6) is 0 Å². The molecule has 1 fully saturated rings. The highest BCUT2D eigenvalue weighted by molar-refractivity contribution is 6.31. The molecule has 2 atom stereocenters. The molecular weight excluding hydrogens is 250 g/mol. The van der Waals surface area contributed by atoms with Gasteiger partial charge in [0.1, 0.15) is 0 Å². The van der Waals surface area contributed by atoms with E-state index in [-0.39, 0.29) is 18.6 Å². The maximum Gasteiger partial charge on any atom is 0.254 e. The molecule has 2 rings (SSSR count).